The second-order valence-electron chi connectivity index (χ2n) is 5.35. The van der Waals surface area contributed by atoms with Crippen LogP contribution in [0.1, 0.15) is 12.8 Å². The van der Waals surface area contributed by atoms with E-state index in [9.17, 15) is 4.79 Å². The quantitative estimate of drug-likeness (QED) is 0.930. The van der Waals surface area contributed by atoms with Gasteiger partial charge in [0.15, 0.2) is 5.13 Å². The molecule has 0 spiro atoms. The number of hydrogen-bond acceptors (Lipinski definition) is 4. The van der Waals surface area contributed by atoms with Gasteiger partial charge in [0.05, 0.1) is 16.1 Å². The van der Waals surface area contributed by atoms with Gasteiger partial charge in [-0.3, -0.25) is 4.79 Å². The molecule has 0 bridgehead atoms. The Labute approximate surface area is 115 Å². The molecule has 1 N–H and O–H groups in total. The molecule has 4 nitrogen and oxygen atoms in total. The molecule has 2 fully saturated rings. The van der Waals surface area contributed by atoms with Crippen molar-refractivity contribution in [1.29, 1.82) is 0 Å². The Morgan fingerprint density at radius 1 is 1.32 bits per heavy atom. The summed E-state index contributed by atoms with van der Waals surface area (Å²) in [5, 5.41) is 4.11. The van der Waals surface area contributed by atoms with Crippen LogP contribution in [-0.4, -0.2) is 30.0 Å². The van der Waals surface area contributed by atoms with Crippen LogP contribution in [0.2, 0.25) is 0 Å². The fraction of sp³-hybridized carbons (Fsp3) is 0.429. The topological polar surface area (TPSA) is 45.2 Å². The van der Waals surface area contributed by atoms with Crippen LogP contribution in [0.25, 0.3) is 10.2 Å². The molecule has 2 aromatic rings. The standard InChI is InChI=1S/C14H15N3OS/c18-13(15-10-5-6-10)9-7-17(8-9)14-16-11-3-1-2-4-12(11)19-14/h1-4,9-10H,5-8H2,(H,15,18). The first-order chi connectivity index (χ1) is 9.29. The molecule has 1 amide bonds. The van der Waals surface area contributed by atoms with E-state index in [-0.39, 0.29) is 11.8 Å². The summed E-state index contributed by atoms with van der Waals surface area (Å²) in [6, 6.07) is 8.63. The lowest BCUT2D eigenvalue weighted by atomic mass is 10.0. The number of amides is 1. The largest absolute Gasteiger partial charge is 0.353 e. The monoisotopic (exact) mass is 273 g/mol. The van der Waals surface area contributed by atoms with Crippen molar-refractivity contribution in [2.75, 3.05) is 18.0 Å². The van der Waals surface area contributed by atoms with Gasteiger partial charge < -0.3 is 10.2 Å². The van der Waals surface area contributed by atoms with Gasteiger partial charge in [-0.1, -0.05) is 23.5 Å². The van der Waals surface area contributed by atoms with Gasteiger partial charge in [-0.05, 0) is 25.0 Å². The SMILES string of the molecule is O=C(NC1CC1)C1CN(c2nc3ccccc3s2)C1. The normalized spacial score (nSPS) is 19.5. The van der Waals surface area contributed by atoms with Crippen molar-refractivity contribution in [1.82, 2.24) is 10.3 Å². The van der Waals surface area contributed by atoms with E-state index in [0.717, 1.165) is 36.6 Å². The van der Waals surface area contributed by atoms with Gasteiger partial charge in [-0.15, -0.1) is 0 Å². The number of anilines is 1. The summed E-state index contributed by atoms with van der Waals surface area (Å²) in [6.07, 6.45) is 2.31. The van der Waals surface area contributed by atoms with Crippen molar-refractivity contribution in [3.63, 3.8) is 0 Å². The minimum Gasteiger partial charge on any atom is -0.353 e. The Balaban J connectivity index is 1.43. The minimum atomic E-state index is 0.146. The van der Waals surface area contributed by atoms with Crippen LogP contribution in [0.4, 0.5) is 5.13 Å². The third-order valence-corrected chi connectivity index (χ3v) is 4.83. The lowest BCUT2D eigenvalue weighted by molar-refractivity contribution is -0.125. The summed E-state index contributed by atoms with van der Waals surface area (Å²) in [5.74, 6) is 0.368. The number of nitrogens with one attached hydrogen (secondary N) is 1. The highest BCUT2D eigenvalue weighted by molar-refractivity contribution is 7.22. The summed E-state index contributed by atoms with van der Waals surface area (Å²) in [6.45, 7) is 1.61. The van der Waals surface area contributed by atoms with Crippen molar-refractivity contribution < 1.29 is 4.79 Å². The van der Waals surface area contributed by atoms with Crippen LogP contribution < -0.4 is 10.2 Å². The maximum absolute atomic E-state index is 11.9. The van der Waals surface area contributed by atoms with E-state index in [1.165, 1.54) is 4.70 Å². The van der Waals surface area contributed by atoms with Crippen LogP contribution >= 0.6 is 11.3 Å². The molecule has 19 heavy (non-hydrogen) atoms. The minimum absolute atomic E-state index is 0.146. The van der Waals surface area contributed by atoms with Gasteiger partial charge in [0.1, 0.15) is 0 Å². The van der Waals surface area contributed by atoms with Crippen LogP contribution in [0.3, 0.4) is 0 Å². The van der Waals surface area contributed by atoms with Gasteiger partial charge in [-0.2, -0.15) is 0 Å². The van der Waals surface area contributed by atoms with Crippen molar-refractivity contribution in [2.45, 2.75) is 18.9 Å². The third-order valence-electron chi connectivity index (χ3n) is 3.73. The maximum atomic E-state index is 11.9. The number of benzene rings is 1. The smallest absolute Gasteiger partial charge is 0.226 e. The second-order valence-corrected chi connectivity index (χ2v) is 6.36. The number of fused-ring (bicyclic) bond motifs is 1. The number of thiazole rings is 1. The molecule has 4 rings (SSSR count). The van der Waals surface area contributed by atoms with Crippen LogP contribution in [0, 0.1) is 5.92 Å². The van der Waals surface area contributed by atoms with E-state index >= 15 is 0 Å². The second kappa shape index (κ2) is 4.20. The van der Waals surface area contributed by atoms with E-state index in [2.05, 4.69) is 21.3 Å². The predicted molar refractivity (Wildman–Crippen MR) is 76.5 cm³/mol. The summed E-state index contributed by atoms with van der Waals surface area (Å²) in [4.78, 5) is 18.7. The van der Waals surface area contributed by atoms with E-state index in [1.54, 1.807) is 11.3 Å². The average Bonchev–Trinajstić information content (AvgIpc) is 3.05. The molecular weight excluding hydrogens is 258 g/mol. The number of para-hydroxylation sites is 1. The molecule has 98 valence electrons. The number of rotatable bonds is 3. The zero-order valence-electron chi connectivity index (χ0n) is 10.5. The zero-order valence-corrected chi connectivity index (χ0v) is 11.3. The Kier molecular flexibility index (Phi) is 2.48. The Bertz CT molecular complexity index is 595. The lowest BCUT2D eigenvalue weighted by Crippen LogP contribution is -2.54. The molecule has 0 unspecified atom stereocenters. The first-order valence-corrected chi connectivity index (χ1v) is 7.52. The van der Waals surface area contributed by atoms with Crippen molar-refractivity contribution in [2.24, 2.45) is 5.92 Å². The highest BCUT2D eigenvalue weighted by atomic mass is 32.1. The number of hydrogen-bond donors (Lipinski definition) is 1. The van der Waals surface area contributed by atoms with Gasteiger partial charge in [-0.25, -0.2) is 4.98 Å². The summed E-state index contributed by atoms with van der Waals surface area (Å²) in [7, 11) is 0. The average molecular weight is 273 g/mol. The molecule has 0 atom stereocenters. The predicted octanol–water partition coefficient (Wildman–Crippen LogP) is 2.01. The lowest BCUT2D eigenvalue weighted by Gasteiger charge is -2.37. The molecule has 1 saturated carbocycles. The molecule has 5 heteroatoms. The number of nitrogens with zero attached hydrogens (tertiary/aromatic N) is 2. The van der Waals surface area contributed by atoms with Crippen LogP contribution in [-0.2, 0) is 4.79 Å². The van der Waals surface area contributed by atoms with Crippen molar-refractivity contribution in [3.05, 3.63) is 24.3 Å². The van der Waals surface area contributed by atoms with Crippen molar-refractivity contribution >= 4 is 32.6 Å². The summed E-state index contributed by atoms with van der Waals surface area (Å²) >= 11 is 1.70. The molecule has 2 heterocycles. The van der Waals surface area contributed by atoms with Crippen LogP contribution in [0.15, 0.2) is 24.3 Å². The van der Waals surface area contributed by atoms with E-state index in [1.807, 2.05) is 18.2 Å². The molecule has 2 aliphatic rings. The van der Waals surface area contributed by atoms with E-state index in [4.69, 9.17) is 0 Å². The maximum Gasteiger partial charge on any atom is 0.226 e. The third kappa shape index (κ3) is 2.08. The molecule has 1 aromatic carbocycles. The Hall–Kier alpha value is -1.62. The molecule has 1 aliphatic carbocycles. The van der Waals surface area contributed by atoms with E-state index < -0.39 is 0 Å². The van der Waals surface area contributed by atoms with Gasteiger partial charge >= 0.3 is 0 Å². The number of aromatic nitrogens is 1. The fourth-order valence-corrected chi connectivity index (χ4v) is 3.33. The number of carbonyl (C=O) groups excluding carboxylic acids is 1. The highest BCUT2D eigenvalue weighted by Crippen LogP contribution is 2.33. The fourth-order valence-electron chi connectivity index (χ4n) is 2.34. The first-order valence-electron chi connectivity index (χ1n) is 6.70. The molecule has 0 radical (unpaired) electrons. The van der Waals surface area contributed by atoms with Gasteiger partial charge in [0, 0.05) is 19.1 Å². The number of carbonyl (C=O) groups is 1. The summed E-state index contributed by atoms with van der Waals surface area (Å²) < 4.78 is 1.21. The van der Waals surface area contributed by atoms with Gasteiger partial charge in [0.25, 0.3) is 0 Å². The highest BCUT2D eigenvalue weighted by Gasteiger charge is 2.36. The first kappa shape index (κ1) is 11.2. The molecule has 1 aliphatic heterocycles. The molecular formula is C14H15N3OS. The van der Waals surface area contributed by atoms with Gasteiger partial charge in [0.2, 0.25) is 5.91 Å². The van der Waals surface area contributed by atoms with Crippen molar-refractivity contribution in [3.8, 4) is 0 Å². The Morgan fingerprint density at radius 2 is 2.11 bits per heavy atom. The molecule has 1 aromatic heterocycles. The summed E-state index contributed by atoms with van der Waals surface area (Å²) in [5.41, 5.74) is 1.05. The molecule has 1 saturated heterocycles. The zero-order chi connectivity index (χ0) is 12.8. The van der Waals surface area contributed by atoms with E-state index in [0.29, 0.717) is 6.04 Å². The van der Waals surface area contributed by atoms with Crippen LogP contribution in [0.5, 0.6) is 0 Å². The Morgan fingerprint density at radius 3 is 2.84 bits per heavy atom.